The predicted molar refractivity (Wildman–Crippen MR) is 59.0 cm³/mol. The van der Waals surface area contributed by atoms with Crippen LogP contribution in [0, 0.1) is 5.41 Å². The van der Waals surface area contributed by atoms with E-state index in [1.807, 2.05) is 0 Å². The molecule has 0 bridgehead atoms. The van der Waals surface area contributed by atoms with E-state index in [1.165, 1.54) is 51.7 Å². The maximum atomic E-state index is 2.63. The van der Waals surface area contributed by atoms with Gasteiger partial charge in [-0.1, -0.05) is 27.2 Å². The summed E-state index contributed by atoms with van der Waals surface area (Å²) < 4.78 is 0. The van der Waals surface area contributed by atoms with Crippen molar-refractivity contribution in [2.75, 3.05) is 19.6 Å². The van der Waals surface area contributed by atoms with Crippen molar-refractivity contribution in [1.82, 2.24) is 4.90 Å². The second-order valence-electron chi connectivity index (χ2n) is 4.58. The van der Waals surface area contributed by atoms with Gasteiger partial charge in [0, 0.05) is 6.54 Å². The fourth-order valence-corrected chi connectivity index (χ4v) is 2.44. The first-order valence-electron chi connectivity index (χ1n) is 5.98. The lowest BCUT2D eigenvalue weighted by Crippen LogP contribution is -2.42. The molecule has 0 radical (unpaired) electrons. The molecule has 0 aliphatic heterocycles. The minimum atomic E-state index is 0.713. The molecule has 0 amide bonds. The third-order valence-electron chi connectivity index (χ3n) is 3.71. The van der Waals surface area contributed by atoms with Crippen LogP contribution in [0.1, 0.15) is 52.9 Å². The normalized spacial score (nSPS) is 20.3. The molecule has 1 heteroatoms. The second-order valence-corrected chi connectivity index (χ2v) is 4.58. The topological polar surface area (TPSA) is 3.24 Å². The Morgan fingerprint density at radius 3 is 2.15 bits per heavy atom. The molecule has 0 atom stereocenters. The number of nitrogens with zero attached hydrogens (tertiary/aromatic N) is 1. The van der Waals surface area contributed by atoms with Gasteiger partial charge < -0.3 is 4.90 Å². The predicted octanol–water partition coefficient (Wildman–Crippen LogP) is 3.30. The van der Waals surface area contributed by atoms with E-state index in [2.05, 4.69) is 25.7 Å². The minimum Gasteiger partial charge on any atom is -0.303 e. The van der Waals surface area contributed by atoms with Crippen molar-refractivity contribution < 1.29 is 0 Å². The Bertz CT molecular complexity index is 133. The molecular formula is C12H25N. The molecule has 13 heavy (non-hydrogen) atoms. The van der Waals surface area contributed by atoms with Crippen molar-refractivity contribution in [2.45, 2.75) is 52.9 Å². The SMILES string of the molecule is CCCN(CC)CC1(CC)CCC1. The Morgan fingerprint density at radius 1 is 1.15 bits per heavy atom. The van der Waals surface area contributed by atoms with Crippen molar-refractivity contribution in [3.8, 4) is 0 Å². The summed E-state index contributed by atoms with van der Waals surface area (Å²) in [7, 11) is 0. The van der Waals surface area contributed by atoms with E-state index in [0.29, 0.717) is 5.41 Å². The molecule has 78 valence electrons. The lowest BCUT2D eigenvalue weighted by Gasteiger charge is -2.44. The molecule has 0 heterocycles. The summed E-state index contributed by atoms with van der Waals surface area (Å²) >= 11 is 0. The van der Waals surface area contributed by atoms with Crippen LogP contribution in [0.3, 0.4) is 0 Å². The van der Waals surface area contributed by atoms with Crippen molar-refractivity contribution >= 4 is 0 Å². The molecule has 0 unspecified atom stereocenters. The average Bonchev–Trinajstić information content (AvgIpc) is 2.09. The molecule has 0 N–H and O–H groups in total. The quantitative estimate of drug-likeness (QED) is 0.610. The van der Waals surface area contributed by atoms with Crippen LogP contribution in [-0.2, 0) is 0 Å². The maximum Gasteiger partial charge on any atom is 0.00377 e. The third-order valence-corrected chi connectivity index (χ3v) is 3.71. The third kappa shape index (κ3) is 2.70. The highest BCUT2D eigenvalue weighted by molar-refractivity contribution is 4.88. The fourth-order valence-electron chi connectivity index (χ4n) is 2.44. The van der Waals surface area contributed by atoms with Crippen LogP contribution in [0.25, 0.3) is 0 Å². The van der Waals surface area contributed by atoms with Gasteiger partial charge in [0.1, 0.15) is 0 Å². The van der Waals surface area contributed by atoms with Crippen LogP contribution < -0.4 is 0 Å². The molecule has 0 aromatic rings. The lowest BCUT2D eigenvalue weighted by atomic mass is 9.66. The number of hydrogen-bond donors (Lipinski definition) is 0. The zero-order valence-corrected chi connectivity index (χ0v) is 9.60. The fraction of sp³-hybridized carbons (Fsp3) is 1.00. The van der Waals surface area contributed by atoms with Crippen LogP contribution in [0.2, 0.25) is 0 Å². The van der Waals surface area contributed by atoms with Crippen LogP contribution in [0.4, 0.5) is 0 Å². The van der Waals surface area contributed by atoms with E-state index < -0.39 is 0 Å². The van der Waals surface area contributed by atoms with E-state index in [9.17, 15) is 0 Å². The van der Waals surface area contributed by atoms with Gasteiger partial charge in [-0.3, -0.25) is 0 Å². The van der Waals surface area contributed by atoms with E-state index in [4.69, 9.17) is 0 Å². The van der Waals surface area contributed by atoms with Gasteiger partial charge in [0.05, 0.1) is 0 Å². The van der Waals surface area contributed by atoms with Gasteiger partial charge in [0.2, 0.25) is 0 Å². The summed E-state index contributed by atoms with van der Waals surface area (Å²) in [6, 6.07) is 0. The van der Waals surface area contributed by atoms with Gasteiger partial charge in [-0.15, -0.1) is 0 Å². The van der Waals surface area contributed by atoms with Crippen molar-refractivity contribution in [3.63, 3.8) is 0 Å². The highest BCUT2D eigenvalue weighted by Crippen LogP contribution is 2.44. The molecule has 0 aromatic carbocycles. The summed E-state index contributed by atoms with van der Waals surface area (Å²) in [5, 5.41) is 0. The molecule has 1 rings (SSSR count). The summed E-state index contributed by atoms with van der Waals surface area (Å²) in [6.45, 7) is 10.8. The molecule has 0 spiro atoms. The van der Waals surface area contributed by atoms with Crippen LogP contribution in [0.15, 0.2) is 0 Å². The van der Waals surface area contributed by atoms with Gasteiger partial charge in [0.25, 0.3) is 0 Å². The summed E-state index contributed by atoms with van der Waals surface area (Å²) in [5.41, 5.74) is 0.713. The highest BCUT2D eigenvalue weighted by atomic mass is 15.1. The minimum absolute atomic E-state index is 0.713. The molecule has 1 fully saturated rings. The van der Waals surface area contributed by atoms with E-state index >= 15 is 0 Å². The zero-order chi connectivity index (χ0) is 9.73. The van der Waals surface area contributed by atoms with E-state index in [0.717, 1.165) is 0 Å². The first-order chi connectivity index (χ1) is 6.26. The lowest BCUT2D eigenvalue weighted by molar-refractivity contribution is 0.0646. The summed E-state index contributed by atoms with van der Waals surface area (Å²) in [4.78, 5) is 2.63. The first kappa shape index (κ1) is 11.0. The van der Waals surface area contributed by atoms with Crippen LogP contribution in [0.5, 0.6) is 0 Å². The van der Waals surface area contributed by atoms with Gasteiger partial charge in [-0.25, -0.2) is 0 Å². The van der Waals surface area contributed by atoms with E-state index in [-0.39, 0.29) is 0 Å². The Hall–Kier alpha value is -0.0400. The zero-order valence-electron chi connectivity index (χ0n) is 9.60. The maximum absolute atomic E-state index is 2.63. The average molecular weight is 183 g/mol. The number of hydrogen-bond acceptors (Lipinski definition) is 1. The highest BCUT2D eigenvalue weighted by Gasteiger charge is 2.35. The molecule has 0 aromatic heterocycles. The smallest absolute Gasteiger partial charge is 0.00377 e. The summed E-state index contributed by atoms with van der Waals surface area (Å²) in [5.74, 6) is 0. The Kier molecular flexibility index (Phi) is 4.24. The van der Waals surface area contributed by atoms with Crippen molar-refractivity contribution in [1.29, 1.82) is 0 Å². The van der Waals surface area contributed by atoms with Crippen molar-refractivity contribution in [2.24, 2.45) is 5.41 Å². The molecule has 1 aliphatic carbocycles. The molecule has 1 saturated carbocycles. The van der Waals surface area contributed by atoms with Gasteiger partial charge in [0.15, 0.2) is 0 Å². The summed E-state index contributed by atoms with van der Waals surface area (Å²) in [6.07, 6.45) is 7.10. The Morgan fingerprint density at radius 2 is 1.85 bits per heavy atom. The standard InChI is InChI=1S/C12H25N/c1-4-10-13(6-3)11-12(5-2)8-7-9-12/h4-11H2,1-3H3. The first-order valence-corrected chi connectivity index (χ1v) is 5.98. The Labute approximate surface area is 83.5 Å². The van der Waals surface area contributed by atoms with E-state index in [1.54, 1.807) is 0 Å². The number of rotatable bonds is 6. The molecule has 1 aliphatic rings. The molecule has 0 saturated heterocycles. The van der Waals surface area contributed by atoms with Crippen LogP contribution >= 0.6 is 0 Å². The molecule has 1 nitrogen and oxygen atoms in total. The Balaban J connectivity index is 2.34. The van der Waals surface area contributed by atoms with Crippen molar-refractivity contribution in [3.05, 3.63) is 0 Å². The van der Waals surface area contributed by atoms with Gasteiger partial charge in [-0.05, 0) is 44.2 Å². The van der Waals surface area contributed by atoms with Crippen LogP contribution in [-0.4, -0.2) is 24.5 Å². The monoisotopic (exact) mass is 183 g/mol. The van der Waals surface area contributed by atoms with Gasteiger partial charge >= 0.3 is 0 Å². The van der Waals surface area contributed by atoms with Gasteiger partial charge in [-0.2, -0.15) is 0 Å². The second kappa shape index (κ2) is 4.99. The largest absolute Gasteiger partial charge is 0.303 e. The molecular weight excluding hydrogens is 158 g/mol.